The van der Waals surface area contributed by atoms with Gasteiger partial charge in [0.25, 0.3) is 0 Å². The van der Waals surface area contributed by atoms with Crippen molar-refractivity contribution >= 4 is 11.6 Å². The van der Waals surface area contributed by atoms with Gasteiger partial charge in [0.1, 0.15) is 17.2 Å². The summed E-state index contributed by atoms with van der Waals surface area (Å²) in [7, 11) is 1.60. The summed E-state index contributed by atoms with van der Waals surface area (Å²) in [6.45, 7) is 3.41. The minimum atomic E-state index is -0.261. The minimum absolute atomic E-state index is 0.261. The molecule has 0 spiro atoms. The van der Waals surface area contributed by atoms with Crippen LogP contribution in [0.5, 0.6) is 17.2 Å². The first-order valence-electron chi connectivity index (χ1n) is 6.06. The molecule has 0 bridgehead atoms. The van der Waals surface area contributed by atoms with Gasteiger partial charge < -0.3 is 14.8 Å². The van der Waals surface area contributed by atoms with Crippen LogP contribution in [0.3, 0.4) is 0 Å². The molecule has 0 saturated heterocycles. The van der Waals surface area contributed by atoms with Crippen LogP contribution in [0.2, 0.25) is 0 Å². The summed E-state index contributed by atoms with van der Waals surface area (Å²) >= 11 is 0. The second-order valence-corrected chi connectivity index (χ2v) is 4.00. The Balaban J connectivity index is 2.14. The monoisotopic (exact) mass is 269 g/mol. The Hall–Kier alpha value is -2.75. The molecule has 2 aromatic carbocycles. The lowest BCUT2D eigenvalue weighted by molar-refractivity contribution is -0.111. The summed E-state index contributed by atoms with van der Waals surface area (Å²) in [5.74, 6) is 1.75. The first-order valence-corrected chi connectivity index (χ1v) is 6.06. The van der Waals surface area contributed by atoms with Crippen molar-refractivity contribution in [1.29, 1.82) is 0 Å². The molecule has 0 radical (unpaired) electrons. The van der Waals surface area contributed by atoms with Crippen molar-refractivity contribution in [2.75, 3.05) is 12.4 Å². The van der Waals surface area contributed by atoms with E-state index in [2.05, 4.69) is 11.9 Å². The maximum atomic E-state index is 11.2. The highest BCUT2D eigenvalue weighted by Crippen LogP contribution is 2.26. The molecule has 0 heterocycles. The van der Waals surface area contributed by atoms with Gasteiger partial charge in [0.2, 0.25) is 5.91 Å². The summed E-state index contributed by atoms with van der Waals surface area (Å²) in [5.41, 5.74) is 0.648. The van der Waals surface area contributed by atoms with Crippen LogP contribution in [-0.2, 0) is 4.79 Å². The van der Waals surface area contributed by atoms with Crippen LogP contribution in [0.15, 0.2) is 61.2 Å². The number of amides is 1. The van der Waals surface area contributed by atoms with Crippen molar-refractivity contribution in [3.8, 4) is 17.2 Å². The van der Waals surface area contributed by atoms with Crippen molar-refractivity contribution in [2.45, 2.75) is 0 Å². The SMILES string of the molecule is C=CC(=O)Nc1cccc(Oc2cccc(OC)c2)c1. The van der Waals surface area contributed by atoms with E-state index in [1.54, 1.807) is 31.4 Å². The van der Waals surface area contributed by atoms with Crippen LogP contribution >= 0.6 is 0 Å². The first kappa shape index (κ1) is 13.7. The standard InChI is InChI=1S/C16H15NO3/c1-3-16(18)17-12-6-4-8-14(10-12)20-15-9-5-7-13(11-15)19-2/h3-11H,1H2,2H3,(H,17,18). The summed E-state index contributed by atoms with van der Waals surface area (Å²) in [6.07, 6.45) is 1.22. The quantitative estimate of drug-likeness (QED) is 0.843. The highest BCUT2D eigenvalue weighted by Gasteiger charge is 2.02. The lowest BCUT2D eigenvalue weighted by atomic mass is 10.3. The van der Waals surface area contributed by atoms with E-state index in [9.17, 15) is 4.79 Å². The molecule has 0 atom stereocenters. The summed E-state index contributed by atoms with van der Waals surface area (Å²) < 4.78 is 10.9. The predicted molar refractivity (Wildman–Crippen MR) is 78.3 cm³/mol. The van der Waals surface area contributed by atoms with E-state index in [-0.39, 0.29) is 5.91 Å². The van der Waals surface area contributed by atoms with Crippen molar-refractivity contribution in [2.24, 2.45) is 0 Å². The number of anilines is 1. The van der Waals surface area contributed by atoms with Gasteiger partial charge in [-0.25, -0.2) is 0 Å². The molecular weight excluding hydrogens is 254 g/mol. The Labute approximate surface area is 117 Å². The van der Waals surface area contributed by atoms with E-state index in [0.29, 0.717) is 17.2 Å². The predicted octanol–water partition coefficient (Wildman–Crippen LogP) is 3.61. The third-order valence-corrected chi connectivity index (χ3v) is 2.56. The van der Waals surface area contributed by atoms with Gasteiger partial charge >= 0.3 is 0 Å². The third kappa shape index (κ3) is 3.62. The van der Waals surface area contributed by atoms with Gasteiger partial charge in [-0.2, -0.15) is 0 Å². The van der Waals surface area contributed by atoms with Gasteiger partial charge in [0.15, 0.2) is 0 Å². The molecule has 0 aliphatic rings. The van der Waals surface area contributed by atoms with Gasteiger partial charge in [-0.05, 0) is 30.3 Å². The summed E-state index contributed by atoms with van der Waals surface area (Å²) in [6, 6.07) is 14.4. The van der Waals surface area contributed by atoms with Gasteiger partial charge in [-0.15, -0.1) is 0 Å². The van der Waals surface area contributed by atoms with Crippen LogP contribution in [0.25, 0.3) is 0 Å². The molecule has 0 unspecified atom stereocenters. The Morgan fingerprint density at radius 2 is 1.75 bits per heavy atom. The fourth-order valence-electron chi connectivity index (χ4n) is 1.63. The molecule has 4 heteroatoms. The van der Waals surface area contributed by atoms with Crippen molar-refractivity contribution in [3.05, 3.63) is 61.2 Å². The maximum Gasteiger partial charge on any atom is 0.247 e. The lowest BCUT2D eigenvalue weighted by Crippen LogP contribution is -2.06. The smallest absolute Gasteiger partial charge is 0.247 e. The molecule has 0 fully saturated rings. The van der Waals surface area contributed by atoms with Gasteiger partial charge in [-0.3, -0.25) is 4.79 Å². The number of hydrogen-bond donors (Lipinski definition) is 1. The average molecular weight is 269 g/mol. The second kappa shape index (κ2) is 6.43. The molecule has 20 heavy (non-hydrogen) atoms. The zero-order valence-corrected chi connectivity index (χ0v) is 11.1. The number of rotatable bonds is 5. The normalized spacial score (nSPS) is 9.65. The zero-order valence-electron chi connectivity index (χ0n) is 11.1. The molecule has 2 rings (SSSR count). The number of hydrogen-bond acceptors (Lipinski definition) is 3. The van der Waals surface area contributed by atoms with Crippen LogP contribution in [-0.4, -0.2) is 13.0 Å². The lowest BCUT2D eigenvalue weighted by Gasteiger charge is -2.09. The maximum absolute atomic E-state index is 11.2. The van der Waals surface area contributed by atoms with Gasteiger partial charge in [0.05, 0.1) is 7.11 Å². The van der Waals surface area contributed by atoms with E-state index < -0.39 is 0 Å². The van der Waals surface area contributed by atoms with Crippen molar-refractivity contribution in [3.63, 3.8) is 0 Å². The van der Waals surface area contributed by atoms with Crippen molar-refractivity contribution < 1.29 is 14.3 Å². The Kier molecular flexibility index (Phi) is 4.39. The van der Waals surface area contributed by atoms with E-state index in [0.717, 1.165) is 5.75 Å². The Morgan fingerprint density at radius 3 is 2.45 bits per heavy atom. The first-order chi connectivity index (χ1) is 9.71. The number of methoxy groups -OCH3 is 1. The number of carbonyl (C=O) groups excluding carboxylic acids is 1. The Bertz CT molecular complexity index is 623. The zero-order chi connectivity index (χ0) is 14.4. The molecule has 2 aromatic rings. The van der Waals surface area contributed by atoms with Crippen LogP contribution in [0.4, 0.5) is 5.69 Å². The summed E-state index contributed by atoms with van der Waals surface area (Å²) in [4.78, 5) is 11.2. The molecule has 102 valence electrons. The topological polar surface area (TPSA) is 47.6 Å². The minimum Gasteiger partial charge on any atom is -0.497 e. The number of ether oxygens (including phenoxy) is 2. The van der Waals surface area contributed by atoms with Crippen LogP contribution < -0.4 is 14.8 Å². The molecule has 1 N–H and O–H groups in total. The van der Waals surface area contributed by atoms with E-state index in [1.165, 1.54) is 6.08 Å². The molecule has 4 nitrogen and oxygen atoms in total. The molecule has 0 saturated carbocycles. The second-order valence-electron chi connectivity index (χ2n) is 4.00. The summed E-state index contributed by atoms with van der Waals surface area (Å²) in [5, 5.41) is 2.68. The largest absolute Gasteiger partial charge is 0.497 e. The van der Waals surface area contributed by atoms with E-state index in [1.807, 2.05) is 24.3 Å². The van der Waals surface area contributed by atoms with Crippen molar-refractivity contribution in [1.82, 2.24) is 0 Å². The Morgan fingerprint density at radius 1 is 1.10 bits per heavy atom. The number of nitrogens with one attached hydrogen (secondary N) is 1. The van der Waals surface area contributed by atoms with Crippen LogP contribution in [0.1, 0.15) is 0 Å². The van der Waals surface area contributed by atoms with E-state index >= 15 is 0 Å². The highest BCUT2D eigenvalue weighted by atomic mass is 16.5. The number of carbonyl (C=O) groups is 1. The average Bonchev–Trinajstić information content (AvgIpc) is 2.47. The fourth-order valence-corrected chi connectivity index (χ4v) is 1.63. The van der Waals surface area contributed by atoms with E-state index in [4.69, 9.17) is 9.47 Å². The third-order valence-electron chi connectivity index (χ3n) is 2.56. The molecule has 0 aliphatic heterocycles. The van der Waals surface area contributed by atoms with Gasteiger partial charge in [-0.1, -0.05) is 18.7 Å². The fraction of sp³-hybridized carbons (Fsp3) is 0.0625. The number of benzene rings is 2. The molecule has 0 aromatic heterocycles. The van der Waals surface area contributed by atoms with Gasteiger partial charge in [0, 0.05) is 17.8 Å². The van der Waals surface area contributed by atoms with Crippen LogP contribution in [0, 0.1) is 0 Å². The molecule has 1 amide bonds. The molecular formula is C16H15NO3. The highest BCUT2D eigenvalue weighted by molar-refractivity contribution is 5.98. The molecule has 0 aliphatic carbocycles.